The number of nitro benzene ring substituents is 1. The predicted molar refractivity (Wildman–Crippen MR) is 56.2 cm³/mol. The van der Waals surface area contributed by atoms with Crippen LogP contribution in [0.4, 0.5) is 5.69 Å². The Balaban J connectivity index is 3.63. The van der Waals surface area contributed by atoms with E-state index in [1.807, 2.05) is 0 Å². The molecule has 0 unspecified atom stereocenters. The van der Waals surface area contributed by atoms with E-state index in [4.69, 9.17) is 23.2 Å². The number of hydrogen-bond acceptors (Lipinski definition) is 4. The molecular weight excluding hydrogens is 265 g/mol. The summed E-state index contributed by atoms with van der Waals surface area (Å²) in [7, 11) is -3.63. The molecule has 0 heterocycles. The minimum Gasteiger partial charge on any atom is -0.258 e. The molecule has 8 heteroatoms. The van der Waals surface area contributed by atoms with Crippen LogP contribution < -0.4 is 0 Å². The highest BCUT2D eigenvalue weighted by molar-refractivity contribution is 7.90. The van der Waals surface area contributed by atoms with E-state index >= 15 is 0 Å². The first-order valence-corrected chi connectivity index (χ1v) is 6.21. The van der Waals surface area contributed by atoms with Crippen molar-refractivity contribution in [2.45, 2.75) is 4.90 Å². The van der Waals surface area contributed by atoms with Crippen molar-refractivity contribution in [3.63, 3.8) is 0 Å². The summed E-state index contributed by atoms with van der Waals surface area (Å²) in [5.74, 6) is 0. The van der Waals surface area contributed by atoms with Crippen LogP contribution in [0.25, 0.3) is 0 Å². The first kappa shape index (κ1) is 12.2. The Morgan fingerprint density at radius 1 is 1.33 bits per heavy atom. The van der Waals surface area contributed by atoms with Crippen LogP contribution in [0.1, 0.15) is 0 Å². The van der Waals surface area contributed by atoms with Crippen LogP contribution in [0.5, 0.6) is 0 Å². The summed E-state index contributed by atoms with van der Waals surface area (Å²) in [6.45, 7) is 0. The van der Waals surface area contributed by atoms with Crippen LogP contribution >= 0.6 is 23.2 Å². The van der Waals surface area contributed by atoms with E-state index in [1.165, 1.54) is 0 Å². The highest BCUT2D eigenvalue weighted by Gasteiger charge is 2.23. The normalized spacial score (nSPS) is 11.4. The lowest BCUT2D eigenvalue weighted by Gasteiger charge is -2.03. The van der Waals surface area contributed by atoms with Crippen molar-refractivity contribution in [1.29, 1.82) is 0 Å². The molecule has 0 aromatic heterocycles. The van der Waals surface area contributed by atoms with Gasteiger partial charge >= 0.3 is 0 Å². The SMILES string of the molecule is CS(=O)(=O)c1cc(Cl)cc([N+](=O)[O-])c1Cl. The molecule has 1 aromatic carbocycles. The van der Waals surface area contributed by atoms with E-state index in [0.29, 0.717) is 0 Å². The molecule has 82 valence electrons. The summed E-state index contributed by atoms with van der Waals surface area (Å²) in [6.07, 6.45) is 0.897. The van der Waals surface area contributed by atoms with Crippen molar-refractivity contribution in [1.82, 2.24) is 0 Å². The number of nitro groups is 1. The van der Waals surface area contributed by atoms with Gasteiger partial charge in [-0.25, -0.2) is 8.42 Å². The van der Waals surface area contributed by atoms with E-state index in [9.17, 15) is 18.5 Å². The maximum absolute atomic E-state index is 11.2. The fraction of sp³-hybridized carbons (Fsp3) is 0.143. The highest BCUT2D eigenvalue weighted by Crippen LogP contribution is 2.34. The Bertz CT molecular complexity index is 526. The monoisotopic (exact) mass is 269 g/mol. The zero-order chi connectivity index (χ0) is 11.8. The summed E-state index contributed by atoms with van der Waals surface area (Å²) in [4.78, 5) is 9.39. The molecule has 0 fully saturated rings. The number of rotatable bonds is 2. The maximum Gasteiger partial charge on any atom is 0.290 e. The fourth-order valence-corrected chi connectivity index (χ4v) is 2.60. The second-order valence-electron chi connectivity index (χ2n) is 2.77. The molecule has 0 radical (unpaired) electrons. The van der Waals surface area contributed by atoms with Gasteiger partial charge in [-0.3, -0.25) is 10.1 Å². The molecular formula is C7H5Cl2NO4S. The average molecular weight is 270 g/mol. The Morgan fingerprint density at radius 2 is 1.87 bits per heavy atom. The quantitative estimate of drug-likeness (QED) is 0.610. The molecule has 0 N–H and O–H groups in total. The predicted octanol–water partition coefficient (Wildman–Crippen LogP) is 2.31. The molecule has 0 saturated heterocycles. The van der Waals surface area contributed by atoms with E-state index < -0.39 is 25.5 Å². The molecule has 5 nitrogen and oxygen atoms in total. The third-order valence-electron chi connectivity index (χ3n) is 1.58. The topological polar surface area (TPSA) is 77.3 Å². The van der Waals surface area contributed by atoms with E-state index in [0.717, 1.165) is 18.4 Å². The molecule has 0 amide bonds. The number of hydrogen-bond donors (Lipinski definition) is 0. The molecule has 0 aliphatic rings. The van der Waals surface area contributed by atoms with Gasteiger partial charge in [-0.05, 0) is 6.07 Å². The average Bonchev–Trinajstić information content (AvgIpc) is 2.06. The van der Waals surface area contributed by atoms with Crippen LogP contribution in [-0.4, -0.2) is 19.6 Å². The summed E-state index contributed by atoms with van der Waals surface area (Å²) in [5.41, 5.74) is -0.524. The lowest BCUT2D eigenvalue weighted by Crippen LogP contribution is -2.00. The Hall–Kier alpha value is -0.850. The second-order valence-corrected chi connectivity index (χ2v) is 5.56. The van der Waals surface area contributed by atoms with Crippen LogP contribution in [0.3, 0.4) is 0 Å². The summed E-state index contributed by atoms with van der Waals surface area (Å²) in [5, 5.41) is 10.0. The van der Waals surface area contributed by atoms with Gasteiger partial charge in [0.1, 0.15) is 5.02 Å². The third kappa shape index (κ3) is 2.58. The minimum absolute atomic E-state index is 0.0495. The zero-order valence-corrected chi connectivity index (χ0v) is 9.73. The van der Waals surface area contributed by atoms with Crippen LogP contribution in [0.2, 0.25) is 10.0 Å². The van der Waals surface area contributed by atoms with E-state index in [-0.39, 0.29) is 9.92 Å². The Labute approximate surface area is 95.7 Å². The summed E-state index contributed by atoms with van der Waals surface area (Å²) >= 11 is 11.1. The van der Waals surface area contributed by atoms with Crippen molar-refractivity contribution >= 4 is 38.7 Å². The second kappa shape index (κ2) is 3.96. The number of benzene rings is 1. The lowest BCUT2D eigenvalue weighted by atomic mass is 10.3. The van der Waals surface area contributed by atoms with E-state index in [1.54, 1.807) is 0 Å². The van der Waals surface area contributed by atoms with Crippen molar-refractivity contribution in [3.8, 4) is 0 Å². The lowest BCUT2D eigenvalue weighted by molar-refractivity contribution is -0.384. The highest BCUT2D eigenvalue weighted by atomic mass is 35.5. The largest absolute Gasteiger partial charge is 0.290 e. The molecule has 0 saturated carbocycles. The van der Waals surface area contributed by atoms with Crippen LogP contribution in [-0.2, 0) is 9.84 Å². The maximum atomic E-state index is 11.2. The Morgan fingerprint density at radius 3 is 2.27 bits per heavy atom. The van der Waals surface area contributed by atoms with Gasteiger partial charge in [-0.1, -0.05) is 23.2 Å². The molecule has 1 rings (SSSR count). The standard InChI is InChI=1S/C7H5Cl2NO4S/c1-15(13,14)6-3-4(8)2-5(7(6)9)10(11)12/h2-3H,1H3. The molecule has 15 heavy (non-hydrogen) atoms. The zero-order valence-electron chi connectivity index (χ0n) is 7.40. The first-order valence-electron chi connectivity index (χ1n) is 3.57. The Kier molecular flexibility index (Phi) is 3.22. The van der Waals surface area contributed by atoms with Gasteiger partial charge in [-0.15, -0.1) is 0 Å². The molecule has 0 aliphatic carbocycles. The first-order chi connectivity index (χ1) is 6.73. The smallest absolute Gasteiger partial charge is 0.258 e. The molecule has 0 spiro atoms. The number of sulfone groups is 1. The van der Waals surface area contributed by atoms with Gasteiger partial charge in [0.05, 0.1) is 9.82 Å². The number of nitrogens with zero attached hydrogens (tertiary/aromatic N) is 1. The third-order valence-corrected chi connectivity index (χ3v) is 3.43. The summed E-state index contributed by atoms with van der Waals surface area (Å²) < 4.78 is 22.4. The molecule has 0 aliphatic heterocycles. The van der Waals surface area contributed by atoms with Crippen molar-refractivity contribution in [2.24, 2.45) is 0 Å². The van der Waals surface area contributed by atoms with Gasteiger partial charge in [0.25, 0.3) is 5.69 Å². The van der Waals surface area contributed by atoms with Gasteiger partial charge in [0, 0.05) is 17.3 Å². The van der Waals surface area contributed by atoms with Gasteiger partial charge in [0.2, 0.25) is 0 Å². The van der Waals surface area contributed by atoms with Crippen molar-refractivity contribution < 1.29 is 13.3 Å². The van der Waals surface area contributed by atoms with Crippen molar-refractivity contribution in [2.75, 3.05) is 6.26 Å². The fourth-order valence-electron chi connectivity index (χ4n) is 0.953. The van der Waals surface area contributed by atoms with Crippen LogP contribution in [0, 0.1) is 10.1 Å². The van der Waals surface area contributed by atoms with Gasteiger partial charge in [-0.2, -0.15) is 0 Å². The number of halogens is 2. The summed E-state index contributed by atoms with van der Waals surface area (Å²) in [6, 6.07) is 2.07. The molecule has 0 bridgehead atoms. The van der Waals surface area contributed by atoms with Gasteiger partial charge in [0.15, 0.2) is 9.84 Å². The molecule has 1 aromatic rings. The minimum atomic E-state index is -3.63. The van der Waals surface area contributed by atoms with Crippen molar-refractivity contribution in [3.05, 3.63) is 32.3 Å². The van der Waals surface area contributed by atoms with Gasteiger partial charge < -0.3 is 0 Å². The van der Waals surface area contributed by atoms with Crippen LogP contribution in [0.15, 0.2) is 17.0 Å². The molecule has 0 atom stereocenters. The van der Waals surface area contributed by atoms with E-state index in [2.05, 4.69) is 0 Å².